The van der Waals surface area contributed by atoms with E-state index >= 15 is 0 Å². The first kappa shape index (κ1) is 8.48. The van der Waals surface area contributed by atoms with Crippen LogP contribution in [0.2, 0.25) is 0 Å². The first-order valence-electron chi connectivity index (χ1n) is 4.72. The van der Waals surface area contributed by atoms with E-state index in [0.29, 0.717) is 6.61 Å². The van der Waals surface area contributed by atoms with Gasteiger partial charge in [-0.1, -0.05) is 0 Å². The first-order chi connectivity index (χ1) is 5.67. The molecule has 0 radical (unpaired) electrons. The summed E-state index contributed by atoms with van der Waals surface area (Å²) in [6.07, 6.45) is 2.60. The van der Waals surface area contributed by atoms with Crippen LogP contribution in [-0.2, 0) is 4.74 Å². The number of hydrogen-bond donors (Lipinski definition) is 1. The van der Waals surface area contributed by atoms with Crippen LogP contribution >= 0.6 is 0 Å². The minimum Gasteiger partial charge on any atom is -0.386 e. The second kappa shape index (κ2) is 2.98. The Kier molecular flexibility index (Phi) is 2.10. The van der Waals surface area contributed by atoms with Crippen molar-refractivity contribution < 1.29 is 9.84 Å². The summed E-state index contributed by atoms with van der Waals surface area (Å²) in [4.78, 5) is 2.35. The lowest BCUT2D eigenvalue weighted by Crippen LogP contribution is -2.42. The molecule has 3 nitrogen and oxygen atoms in total. The standard InChI is InChI=1S/C9H17NO2/c1-9(11)6-10(8-2-3-8)4-5-12-7-9/h8,11H,2-7H2,1H3. The fraction of sp³-hybridized carbons (Fsp3) is 1.00. The Morgan fingerprint density at radius 2 is 2.25 bits per heavy atom. The quantitative estimate of drug-likeness (QED) is 0.613. The third-order valence-electron chi connectivity index (χ3n) is 2.54. The fourth-order valence-corrected chi connectivity index (χ4v) is 1.79. The molecule has 1 saturated carbocycles. The number of ether oxygens (including phenoxy) is 1. The molecule has 1 aliphatic carbocycles. The molecule has 2 rings (SSSR count). The van der Waals surface area contributed by atoms with Gasteiger partial charge in [0.15, 0.2) is 0 Å². The van der Waals surface area contributed by atoms with E-state index in [4.69, 9.17) is 4.74 Å². The summed E-state index contributed by atoms with van der Waals surface area (Å²) in [6.45, 7) is 4.87. The van der Waals surface area contributed by atoms with Crippen LogP contribution in [0.15, 0.2) is 0 Å². The highest BCUT2D eigenvalue weighted by Crippen LogP contribution is 2.28. The molecule has 0 amide bonds. The lowest BCUT2D eigenvalue weighted by atomic mass is 10.1. The Labute approximate surface area is 73.3 Å². The van der Waals surface area contributed by atoms with Crippen LogP contribution in [0.1, 0.15) is 19.8 Å². The molecule has 0 aromatic carbocycles. The van der Waals surface area contributed by atoms with Crippen LogP contribution in [0.25, 0.3) is 0 Å². The summed E-state index contributed by atoms with van der Waals surface area (Å²) < 4.78 is 5.33. The number of aliphatic hydroxyl groups is 1. The van der Waals surface area contributed by atoms with Gasteiger partial charge in [0, 0.05) is 19.1 Å². The highest BCUT2D eigenvalue weighted by atomic mass is 16.5. The van der Waals surface area contributed by atoms with Gasteiger partial charge >= 0.3 is 0 Å². The molecule has 1 aliphatic heterocycles. The zero-order valence-corrected chi connectivity index (χ0v) is 7.62. The van der Waals surface area contributed by atoms with Crippen LogP contribution in [0, 0.1) is 0 Å². The number of hydrogen-bond acceptors (Lipinski definition) is 3. The van der Waals surface area contributed by atoms with Gasteiger partial charge in [0.25, 0.3) is 0 Å². The van der Waals surface area contributed by atoms with E-state index in [1.807, 2.05) is 6.92 Å². The molecule has 1 saturated heterocycles. The van der Waals surface area contributed by atoms with Crippen LogP contribution in [0.4, 0.5) is 0 Å². The Bertz CT molecular complexity index is 166. The molecule has 2 fully saturated rings. The SMILES string of the molecule is CC1(O)COCCN(C2CC2)C1. The summed E-state index contributed by atoms with van der Waals surface area (Å²) in [5, 5.41) is 9.83. The Balaban J connectivity index is 1.95. The lowest BCUT2D eigenvalue weighted by molar-refractivity contribution is -0.0226. The zero-order chi connectivity index (χ0) is 8.60. The maximum atomic E-state index is 9.83. The minimum atomic E-state index is -0.640. The summed E-state index contributed by atoms with van der Waals surface area (Å²) >= 11 is 0. The van der Waals surface area contributed by atoms with E-state index in [0.717, 1.165) is 25.7 Å². The predicted molar refractivity (Wildman–Crippen MR) is 46.0 cm³/mol. The van der Waals surface area contributed by atoms with Crippen molar-refractivity contribution in [1.29, 1.82) is 0 Å². The molecular formula is C9H17NO2. The lowest BCUT2D eigenvalue weighted by Gasteiger charge is -2.26. The van der Waals surface area contributed by atoms with Gasteiger partial charge in [0.1, 0.15) is 0 Å². The number of nitrogens with zero attached hydrogens (tertiary/aromatic N) is 1. The molecule has 0 bridgehead atoms. The summed E-state index contributed by atoms with van der Waals surface area (Å²) in [7, 11) is 0. The third kappa shape index (κ3) is 1.97. The molecule has 1 N–H and O–H groups in total. The second-order valence-corrected chi connectivity index (χ2v) is 4.25. The summed E-state index contributed by atoms with van der Waals surface area (Å²) in [5.41, 5.74) is -0.640. The van der Waals surface area contributed by atoms with E-state index < -0.39 is 5.60 Å². The number of rotatable bonds is 1. The van der Waals surface area contributed by atoms with Crippen LogP contribution in [0.3, 0.4) is 0 Å². The average molecular weight is 171 g/mol. The largest absolute Gasteiger partial charge is 0.386 e. The smallest absolute Gasteiger partial charge is 0.0978 e. The van der Waals surface area contributed by atoms with Gasteiger partial charge in [-0.3, -0.25) is 4.90 Å². The molecule has 0 spiro atoms. The van der Waals surface area contributed by atoms with Crippen molar-refractivity contribution in [3.05, 3.63) is 0 Å². The van der Waals surface area contributed by atoms with Crippen LogP contribution < -0.4 is 0 Å². The molecule has 12 heavy (non-hydrogen) atoms. The highest BCUT2D eigenvalue weighted by molar-refractivity contribution is 4.90. The molecule has 3 heteroatoms. The monoisotopic (exact) mass is 171 g/mol. The van der Waals surface area contributed by atoms with Gasteiger partial charge in [0.2, 0.25) is 0 Å². The first-order valence-corrected chi connectivity index (χ1v) is 4.72. The molecule has 1 heterocycles. The van der Waals surface area contributed by atoms with Crippen molar-refractivity contribution in [3.8, 4) is 0 Å². The second-order valence-electron chi connectivity index (χ2n) is 4.25. The zero-order valence-electron chi connectivity index (χ0n) is 7.62. The summed E-state index contributed by atoms with van der Waals surface area (Å²) in [5.74, 6) is 0. The molecule has 1 unspecified atom stereocenters. The third-order valence-corrected chi connectivity index (χ3v) is 2.54. The van der Waals surface area contributed by atoms with Gasteiger partial charge < -0.3 is 9.84 Å². The van der Waals surface area contributed by atoms with E-state index in [1.54, 1.807) is 0 Å². The normalized spacial score (nSPS) is 39.5. The van der Waals surface area contributed by atoms with Gasteiger partial charge in [-0.15, -0.1) is 0 Å². The fourth-order valence-electron chi connectivity index (χ4n) is 1.79. The maximum absolute atomic E-state index is 9.83. The molecule has 0 aromatic heterocycles. The van der Waals surface area contributed by atoms with Crippen molar-refractivity contribution in [3.63, 3.8) is 0 Å². The minimum absolute atomic E-state index is 0.482. The molecular weight excluding hydrogens is 154 g/mol. The van der Waals surface area contributed by atoms with Gasteiger partial charge in [-0.2, -0.15) is 0 Å². The average Bonchev–Trinajstić information content (AvgIpc) is 2.73. The van der Waals surface area contributed by atoms with Crippen molar-refractivity contribution in [2.75, 3.05) is 26.3 Å². The van der Waals surface area contributed by atoms with Crippen LogP contribution in [0.5, 0.6) is 0 Å². The number of β-amino-alcohol motifs (C(OH)–C–C–N with tert-alkyl or cyclic N) is 1. The molecule has 1 atom stereocenters. The Hall–Kier alpha value is -0.120. The topological polar surface area (TPSA) is 32.7 Å². The van der Waals surface area contributed by atoms with E-state index in [2.05, 4.69) is 4.90 Å². The molecule has 0 aromatic rings. The predicted octanol–water partition coefficient (Wildman–Crippen LogP) is 0.232. The highest BCUT2D eigenvalue weighted by Gasteiger charge is 2.35. The van der Waals surface area contributed by atoms with E-state index in [9.17, 15) is 5.11 Å². The van der Waals surface area contributed by atoms with Crippen molar-refractivity contribution in [2.24, 2.45) is 0 Å². The van der Waals surface area contributed by atoms with Crippen molar-refractivity contribution in [2.45, 2.75) is 31.4 Å². The van der Waals surface area contributed by atoms with Crippen LogP contribution in [-0.4, -0.2) is 48.0 Å². The van der Waals surface area contributed by atoms with E-state index in [1.165, 1.54) is 12.8 Å². The Morgan fingerprint density at radius 1 is 1.50 bits per heavy atom. The maximum Gasteiger partial charge on any atom is 0.0978 e. The van der Waals surface area contributed by atoms with Gasteiger partial charge in [-0.05, 0) is 19.8 Å². The Morgan fingerprint density at radius 3 is 2.92 bits per heavy atom. The van der Waals surface area contributed by atoms with Crippen molar-refractivity contribution >= 4 is 0 Å². The van der Waals surface area contributed by atoms with Gasteiger partial charge in [0.05, 0.1) is 18.8 Å². The molecule has 70 valence electrons. The van der Waals surface area contributed by atoms with Crippen molar-refractivity contribution in [1.82, 2.24) is 4.90 Å². The van der Waals surface area contributed by atoms with Gasteiger partial charge in [-0.25, -0.2) is 0 Å². The molecule has 2 aliphatic rings. The summed E-state index contributed by atoms with van der Waals surface area (Å²) in [6, 6.07) is 0.734. The van der Waals surface area contributed by atoms with E-state index in [-0.39, 0.29) is 0 Å².